The molecule has 14 heavy (non-hydrogen) atoms. The number of amides is 1. The minimum absolute atomic E-state index is 0.653. The maximum Gasteiger partial charge on any atom is 0.409 e. The van der Waals surface area contributed by atoms with Gasteiger partial charge in [0.05, 0.1) is 10.2 Å². The van der Waals surface area contributed by atoms with Gasteiger partial charge in [0.2, 0.25) is 0 Å². The molecule has 0 saturated heterocycles. The molecule has 74 valence electrons. The normalized spacial score (nSPS) is 13.8. The average Bonchev–Trinajstić information content (AvgIpc) is 2.57. The van der Waals surface area contributed by atoms with Crippen LogP contribution >= 0.6 is 15.9 Å². The molecule has 1 amide bonds. The Kier molecular flexibility index (Phi) is 2.41. The van der Waals surface area contributed by atoms with E-state index in [4.69, 9.17) is 5.11 Å². The third kappa shape index (κ3) is 1.59. The highest BCUT2D eigenvalue weighted by atomic mass is 79.9. The van der Waals surface area contributed by atoms with Crippen LogP contribution in [0.25, 0.3) is 0 Å². The van der Waals surface area contributed by atoms with E-state index in [2.05, 4.69) is 26.2 Å². The lowest BCUT2D eigenvalue weighted by atomic mass is 10.2. The summed E-state index contributed by atoms with van der Waals surface area (Å²) in [6.45, 7) is 0. The van der Waals surface area contributed by atoms with Crippen molar-refractivity contribution >= 4 is 27.7 Å². The van der Waals surface area contributed by atoms with Crippen LogP contribution in [0.3, 0.4) is 0 Å². The predicted octanol–water partition coefficient (Wildman–Crippen LogP) is 2.42. The molecule has 1 aliphatic carbocycles. The van der Waals surface area contributed by atoms with Crippen molar-refractivity contribution < 1.29 is 9.90 Å². The fourth-order valence-corrected chi connectivity index (χ4v) is 2.17. The second-order valence-electron chi connectivity index (χ2n) is 3.19. The number of carboxylic acid groups (broad SMARTS) is 1. The summed E-state index contributed by atoms with van der Waals surface area (Å²) in [5, 5.41) is 11.1. The summed E-state index contributed by atoms with van der Waals surface area (Å²) >= 11 is 3.29. The molecule has 1 aromatic heterocycles. The Hall–Kier alpha value is -1.10. The van der Waals surface area contributed by atoms with Gasteiger partial charge < -0.3 is 5.11 Å². The van der Waals surface area contributed by atoms with E-state index in [1.807, 2.05) is 0 Å². The molecule has 0 aromatic carbocycles. The molecule has 4 nitrogen and oxygen atoms in total. The van der Waals surface area contributed by atoms with Gasteiger partial charge in [-0.05, 0) is 40.8 Å². The van der Waals surface area contributed by atoms with E-state index in [1.54, 1.807) is 6.20 Å². The molecular formula is C9H9BrN2O2. The largest absolute Gasteiger partial charge is 0.465 e. The number of nitrogens with one attached hydrogen (secondary N) is 1. The van der Waals surface area contributed by atoms with Crippen LogP contribution in [0.1, 0.15) is 17.7 Å². The van der Waals surface area contributed by atoms with Gasteiger partial charge >= 0.3 is 6.09 Å². The number of nitrogens with zero attached hydrogens (tertiary/aromatic N) is 1. The summed E-state index contributed by atoms with van der Waals surface area (Å²) in [4.78, 5) is 14.8. The van der Waals surface area contributed by atoms with Crippen LogP contribution in [-0.2, 0) is 12.8 Å². The van der Waals surface area contributed by atoms with Gasteiger partial charge in [-0.15, -0.1) is 0 Å². The first-order valence-corrected chi connectivity index (χ1v) is 5.14. The first kappa shape index (κ1) is 9.45. The van der Waals surface area contributed by atoms with Crippen molar-refractivity contribution in [1.29, 1.82) is 0 Å². The summed E-state index contributed by atoms with van der Waals surface area (Å²) in [6, 6.07) is 0. The summed E-state index contributed by atoms with van der Waals surface area (Å²) in [5.74, 6) is 0. The Balaban J connectivity index is 2.46. The highest BCUT2D eigenvalue weighted by Crippen LogP contribution is 2.33. The van der Waals surface area contributed by atoms with Crippen molar-refractivity contribution in [3.8, 4) is 0 Å². The van der Waals surface area contributed by atoms with E-state index in [1.165, 1.54) is 0 Å². The molecule has 0 radical (unpaired) electrons. The Morgan fingerprint density at radius 2 is 2.36 bits per heavy atom. The lowest BCUT2D eigenvalue weighted by Crippen LogP contribution is -2.10. The average molecular weight is 257 g/mol. The number of carbonyl (C=O) groups is 1. The van der Waals surface area contributed by atoms with Gasteiger partial charge in [-0.25, -0.2) is 4.79 Å². The van der Waals surface area contributed by atoms with Crippen LogP contribution in [0.5, 0.6) is 0 Å². The second kappa shape index (κ2) is 3.57. The molecule has 0 atom stereocenters. The van der Waals surface area contributed by atoms with Crippen molar-refractivity contribution in [3.63, 3.8) is 0 Å². The molecule has 5 heteroatoms. The van der Waals surface area contributed by atoms with Gasteiger partial charge in [0.1, 0.15) is 0 Å². The third-order valence-electron chi connectivity index (χ3n) is 2.29. The first-order valence-electron chi connectivity index (χ1n) is 4.34. The molecule has 0 bridgehead atoms. The summed E-state index contributed by atoms with van der Waals surface area (Å²) < 4.78 is 0.709. The van der Waals surface area contributed by atoms with Crippen LogP contribution in [0, 0.1) is 0 Å². The van der Waals surface area contributed by atoms with Crippen molar-refractivity contribution in [1.82, 2.24) is 4.98 Å². The molecule has 2 N–H and O–H groups in total. The highest BCUT2D eigenvalue weighted by Gasteiger charge is 2.19. The number of hydrogen-bond acceptors (Lipinski definition) is 2. The molecule has 0 unspecified atom stereocenters. The Bertz CT molecular complexity index is 393. The van der Waals surface area contributed by atoms with E-state index >= 15 is 0 Å². The van der Waals surface area contributed by atoms with Crippen molar-refractivity contribution in [2.75, 3.05) is 5.32 Å². The van der Waals surface area contributed by atoms with E-state index in [-0.39, 0.29) is 0 Å². The van der Waals surface area contributed by atoms with Crippen molar-refractivity contribution in [2.24, 2.45) is 0 Å². The maximum atomic E-state index is 10.6. The number of hydrogen-bond donors (Lipinski definition) is 2. The molecular weight excluding hydrogens is 248 g/mol. The minimum Gasteiger partial charge on any atom is -0.465 e. The summed E-state index contributed by atoms with van der Waals surface area (Å²) in [5.41, 5.74) is 2.69. The second-order valence-corrected chi connectivity index (χ2v) is 4.04. The monoisotopic (exact) mass is 256 g/mol. The van der Waals surface area contributed by atoms with Gasteiger partial charge in [-0.3, -0.25) is 10.3 Å². The molecule has 0 spiro atoms. The van der Waals surface area contributed by atoms with Crippen LogP contribution < -0.4 is 5.32 Å². The first-order chi connectivity index (χ1) is 6.68. The van der Waals surface area contributed by atoms with E-state index < -0.39 is 6.09 Å². The van der Waals surface area contributed by atoms with Gasteiger partial charge in [0, 0.05) is 11.9 Å². The van der Waals surface area contributed by atoms with Gasteiger partial charge in [0.15, 0.2) is 0 Å². The van der Waals surface area contributed by atoms with Gasteiger partial charge in [-0.1, -0.05) is 0 Å². The number of aromatic nitrogens is 1. The Morgan fingerprint density at radius 3 is 3.07 bits per heavy atom. The number of halogens is 1. The number of fused-ring (bicyclic) bond motifs is 1. The minimum atomic E-state index is -1.04. The zero-order valence-corrected chi connectivity index (χ0v) is 8.97. The van der Waals surface area contributed by atoms with Crippen LogP contribution in [0.4, 0.5) is 10.5 Å². The predicted molar refractivity (Wildman–Crippen MR) is 55.6 cm³/mol. The van der Waals surface area contributed by atoms with E-state index in [9.17, 15) is 4.79 Å². The number of pyridine rings is 1. The van der Waals surface area contributed by atoms with Crippen molar-refractivity contribution in [3.05, 3.63) is 21.9 Å². The number of rotatable bonds is 1. The fourth-order valence-electron chi connectivity index (χ4n) is 1.72. The lowest BCUT2D eigenvalue weighted by molar-refractivity contribution is 0.209. The topological polar surface area (TPSA) is 62.2 Å². The van der Waals surface area contributed by atoms with E-state index in [0.29, 0.717) is 10.2 Å². The maximum absolute atomic E-state index is 10.6. The zero-order chi connectivity index (χ0) is 10.1. The smallest absolute Gasteiger partial charge is 0.409 e. The SMILES string of the molecule is O=C(O)Nc1c(Br)cnc2c1CCC2. The van der Waals surface area contributed by atoms with E-state index in [0.717, 1.165) is 30.5 Å². The highest BCUT2D eigenvalue weighted by molar-refractivity contribution is 9.10. The van der Waals surface area contributed by atoms with Crippen LogP contribution in [0.15, 0.2) is 10.7 Å². The Labute approximate surface area is 89.5 Å². The molecule has 0 aliphatic heterocycles. The van der Waals surface area contributed by atoms with Gasteiger partial charge in [0.25, 0.3) is 0 Å². The Morgan fingerprint density at radius 1 is 1.57 bits per heavy atom. The third-order valence-corrected chi connectivity index (χ3v) is 2.90. The molecule has 2 rings (SSSR count). The zero-order valence-electron chi connectivity index (χ0n) is 7.38. The molecule has 0 fully saturated rings. The van der Waals surface area contributed by atoms with Crippen LogP contribution in [0.2, 0.25) is 0 Å². The molecule has 1 heterocycles. The quantitative estimate of drug-likeness (QED) is 0.812. The fraction of sp³-hybridized carbons (Fsp3) is 0.333. The summed E-state index contributed by atoms with van der Waals surface area (Å²) in [6.07, 6.45) is 3.50. The van der Waals surface area contributed by atoms with Crippen molar-refractivity contribution in [2.45, 2.75) is 19.3 Å². The number of anilines is 1. The molecule has 1 aliphatic rings. The van der Waals surface area contributed by atoms with Crippen LogP contribution in [-0.4, -0.2) is 16.2 Å². The molecule has 0 saturated carbocycles. The molecule has 1 aromatic rings. The van der Waals surface area contributed by atoms with Gasteiger partial charge in [-0.2, -0.15) is 0 Å². The number of aryl methyl sites for hydroxylation is 1. The lowest BCUT2D eigenvalue weighted by Gasteiger charge is -2.09. The standard InChI is InChI=1S/C9H9BrN2O2/c10-6-4-11-7-3-1-2-5(7)8(6)12-9(13)14/h4H,1-3H2,(H,11,12)(H,13,14). The summed E-state index contributed by atoms with van der Waals surface area (Å²) in [7, 11) is 0.